The molecule has 3 heteroatoms. The van der Waals surface area contributed by atoms with Gasteiger partial charge in [0.05, 0.1) is 0 Å². The van der Waals surface area contributed by atoms with Crippen molar-refractivity contribution in [3.05, 3.63) is 48.0 Å². The normalized spacial score (nSPS) is 17.7. The molecule has 2 N–H and O–H groups in total. The number of esters is 1. The van der Waals surface area contributed by atoms with Gasteiger partial charge in [-0.25, -0.2) is 0 Å². The fourth-order valence-electron chi connectivity index (χ4n) is 1.85. The Balaban J connectivity index is 1.87. The van der Waals surface area contributed by atoms with Crippen molar-refractivity contribution in [1.82, 2.24) is 0 Å². The molecular formula is C13H15NO2. The fraction of sp³-hybridized carbons (Fsp3) is 0.308. The Bertz CT molecular complexity index is 403. The van der Waals surface area contributed by atoms with Crippen molar-refractivity contribution in [1.29, 1.82) is 0 Å². The van der Waals surface area contributed by atoms with Crippen LogP contribution in [0.4, 0.5) is 0 Å². The number of carbonyl (C=O) groups excluding carboxylic acids is 1. The molecule has 2 rings (SSSR count). The van der Waals surface area contributed by atoms with E-state index in [4.69, 9.17) is 10.5 Å². The molecule has 1 aliphatic rings. The predicted octanol–water partition coefficient (Wildman–Crippen LogP) is 1.78. The first kappa shape index (κ1) is 10.9. The van der Waals surface area contributed by atoms with Crippen molar-refractivity contribution in [3.63, 3.8) is 0 Å². The maximum Gasteiger partial charge on any atom is 0.327 e. The summed E-state index contributed by atoms with van der Waals surface area (Å²) in [6, 6.07) is 9.57. The van der Waals surface area contributed by atoms with Crippen molar-refractivity contribution in [2.24, 2.45) is 5.73 Å². The van der Waals surface area contributed by atoms with Crippen LogP contribution in [-0.4, -0.2) is 11.5 Å². The van der Waals surface area contributed by atoms with Crippen LogP contribution in [0.15, 0.2) is 42.5 Å². The Morgan fingerprint density at radius 3 is 2.56 bits per heavy atom. The third-order valence-electron chi connectivity index (χ3n) is 2.75. The molecule has 1 aromatic rings. The molecule has 84 valence electrons. The van der Waals surface area contributed by atoms with E-state index in [1.165, 1.54) is 0 Å². The van der Waals surface area contributed by atoms with Gasteiger partial charge < -0.3 is 10.5 Å². The lowest BCUT2D eigenvalue weighted by molar-refractivity contribution is -0.153. The van der Waals surface area contributed by atoms with Crippen LogP contribution >= 0.6 is 0 Å². The maximum absolute atomic E-state index is 11.7. The SMILES string of the molecule is C=C1CC(N)(C(=O)OCc2ccccc2)C1. The number of benzene rings is 1. The van der Waals surface area contributed by atoms with Gasteiger partial charge >= 0.3 is 5.97 Å². The van der Waals surface area contributed by atoms with E-state index < -0.39 is 5.54 Å². The number of hydrogen-bond acceptors (Lipinski definition) is 3. The number of carbonyl (C=O) groups is 1. The summed E-state index contributed by atoms with van der Waals surface area (Å²) in [6.45, 7) is 4.05. The quantitative estimate of drug-likeness (QED) is 0.620. The molecule has 0 amide bonds. The van der Waals surface area contributed by atoms with Crippen molar-refractivity contribution in [2.75, 3.05) is 0 Å². The molecule has 0 unspecified atom stereocenters. The van der Waals surface area contributed by atoms with Crippen molar-refractivity contribution < 1.29 is 9.53 Å². The Hall–Kier alpha value is -1.61. The van der Waals surface area contributed by atoms with Gasteiger partial charge in [0.2, 0.25) is 0 Å². The second-order valence-corrected chi connectivity index (χ2v) is 4.32. The van der Waals surface area contributed by atoms with Gasteiger partial charge in [0.25, 0.3) is 0 Å². The molecule has 1 aromatic carbocycles. The summed E-state index contributed by atoms with van der Waals surface area (Å²) in [5, 5.41) is 0. The molecule has 0 saturated heterocycles. The van der Waals surface area contributed by atoms with Gasteiger partial charge in [-0.3, -0.25) is 4.79 Å². The smallest absolute Gasteiger partial charge is 0.327 e. The van der Waals surface area contributed by atoms with Crippen LogP contribution in [-0.2, 0) is 16.1 Å². The Kier molecular flexibility index (Phi) is 2.79. The molecule has 1 aliphatic carbocycles. The van der Waals surface area contributed by atoms with Gasteiger partial charge in [-0.1, -0.05) is 42.5 Å². The lowest BCUT2D eigenvalue weighted by atomic mass is 9.74. The fourth-order valence-corrected chi connectivity index (χ4v) is 1.85. The largest absolute Gasteiger partial charge is 0.459 e. The van der Waals surface area contributed by atoms with Crippen molar-refractivity contribution in [2.45, 2.75) is 25.0 Å². The van der Waals surface area contributed by atoms with E-state index in [0.29, 0.717) is 12.8 Å². The van der Waals surface area contributed by atoms with Crippen LogP contribution < -0.4 is 5.73 Å². The number of ether oxygens (including phenoxy) is 1. The first-order valence-corrected chi connectivity index (χ1v) is 5.27. The number of hydrogen-bond donors (Lipinski definition) is 1. The molecule has 0 spiro atoms. The summed E-state index contributed by atoms with van der Waals surface area (Å²) in [4.78, 5) is 11.7. The Morgan fingerprint density at radius 1 is 1.38 bits per heavy atom. The first-order chi connectivity index (χ1) is 7.60. The predicted molar refractivity (Wildman–Crippen MR) is 61.5 cm³/mol. The summed E-state index contributed by atoms with van der Waals surface area (Å²) in [5.41, 5.74) is 7.02. The molecule has 1 fully saturated rings. The van der Waals surface area contributed by atoms with E-state index in [-0.39, 0.29) is 12.6 Å². The molecule has 0 heterocycles. The highest BCUT2D eigenvalue weighted by molar-refractivity contribution is 5.83. The van der Waals surface area contributed by atoms with Gasteiger partial charge in [0, 0.05) is 0 Å². The monoisotopic (exact) mass is 217 g/mol. The second kappa shape index (κ2) is 4.10. The molecule has 16 heavy (non-hydrogen) atoms. The Labute approximate surface area is 94.9 Å². The van der Waals surface area contributed by atoms with Crippen molar-refractivity contribution in [3.8, 4) is 0 Å². The minimum atomic E-state index is -0.828. The molecule has 0 bridgehead atoms. The highest BCUT2D eigenvalue weighted by Crippen LogP contribution is 2.34. The zero-order chi connectivity index (χ0) is 11.6. The topological polar surface area (TPSA) is 52.3 Å². The average Bonchev–Trinajstić information content (AvgIpc) is 2.25. The molecular weight excluding hydrogens is 202 g/mol. The number of rotatable bonds is 3. The van der Waals surface area contributed by atoms with Gasteiger partial charge in [0.15, 0.2) is 0 Å². The lowest BCUT2D eigenvalue weighted by Crippen LogP contribution is -2.55. The van der Waals surface area contributed by atoms with Crippen molar-refractivity contribution >= 4 is 5.97 Å². The summed E-state index contributed by atoms with van der Waals surface area (Å²) < 4.78 is 5.18. The van der Waals surface area contributed by atoms with E-state index >= 15 is 0 Å². The zero-order valence-corrected chi connectivity index (χ0v) is 9.11. The molecule has 1 saturated carbocycles. The Morgan fingerprint density at radius 2 is 2.00 bits per heavy atom. The summed E-state index contributed by atoms with van der Waals surface area (Å²) in [5.74, 6) is -0.330. The minimum Gasteiger partial charge on any atom is -0.459 e. The van der Waals surface area contributed by atoms with E-state index in [1.54, 1.807) is 0 Å². The molecule has 0 aliphatic heterocycles. The van der Waals surface area contributed by atoms with E-state index in [0.717, 1.165) is 11.1 Å². The average molecular weight is 217 g/mol. The second-order valence-electron chi connectivity index (χ2n) is 4.32. The summed E-state index contributed by atoms with van der Waals surface area (Å²) in [7, 11) is 0. The van der Waals surface area contributed by atoms with Crippen LogP contribution in [0.25, 0.3) is 0 Å². The van der Waals surface area contributed by atoms with Crippen LogP contribution in [0, 0.1) is 0 Å². The van der Waals surface area contributed by atoms with Crippen LogP contribution in [0.3, 0.4) is 0 Å². The molecule has 0 aromatic heterocycles. The standard InChI is InChI=1S/C13H15NO2/c1-10-7-13(14,8-10)12(15)16-9-11-5-3-2-4-6-11/h2-6H,1,7-9,14H2. The maximum atomic E-state index is 11.7. The van der Waals surface area contributed by atoms with Gasteiger partial charge in [-0.05, 0) is 18.4 Å². The first-order valence-electron chi connectivity index (χ1n) is 5.27. The minimum absolute atomic E-state index is 0.283. The van der Waals surface area contributed by atoms with E-state index in [2.05, 4.69) is 6.58 Å². The highest BCUT2D eigenvalue weighted by atomic mass is 16.5. The lowest BCUT2D eigenvalue weighted by Gasteiger charge is -2.37. The van der Waals surface area contributed by atoms with Gasteiger partial charge in [-0.2, -0.15) is 0 Å². The highest BCUT2D eigenvalue weighted by Gasteiger charge is 2.44. The van der Waals surface area contributed by atoms with Crippen LogP contribution in [0.1, 0.15) is 18.4 Å². The summed E-state index contributed by atoms with van der Waals surface area (Å²) >= 11 is 0. The molecule has 0 radical (unpaired) electrons. The third kappa shape index (κ3) is 2.14. The van der Waals surface area contributed by atoms with Gasteiger partial charge in [0.1, 0.15) is 12.1 Å². The third-order valence-corrected chi connectivity index (χ3v) is 2.75. The number of nitrogens with two attached hydrogens (primary N) is 1. The molecule has 3 nitrogen and oxygen atoms in total. The summed E-state index contributed by atoms with van der Waals surface area (Å²) in [6.07, 6.45) is 1.08. The van der Waals surface area contributed by atoms with E-state index in [1.807, 2.05) is 30.3 Å². The van der Waals surface area contributed by atoms with Crippen LogP contribution in [0.2, 0.25) is 0 Å². The zero-order valence-electron chi connectivity index (χ0n) is 9.11. The van der Waals surface area contributed by atoms with E-state index in [9.17, 15) is 4.79 Å². The van der Waals surface area contributed by atoms with Crippen LogP contribution in [0.5, 0.6) is 0 Å². The van der Waals surface area contributed by atoms with Gasteiger partial charge in [-0.15, -0.1) is 0 Å². The molecule has 0 atom stereocenters.